The first kappa shape index (κ1) is 12.7. The van der Waals surface area contributed by atoms with Crippen molar-refractivity contribution in [3.05, 3.63) is 52.4 Å². The number of aromatic hydroxyl groups is 1. The number of aromatic amines is 1. The molecular formula is C12H13N5O2. The number of hydrogen-bond donors (Lipinski definition) is 5. The quantitative estimate of drug-likeness (QED) is 0.221. The molecule has 98 valence electrons. The van der Waals surface area contributed by atoms with Gasteiger partial charge in [-0.1, -0.05) is 24.3 Å². The van der Waals surface area contributed by atoms with Crippen LogP contribution in [0.1, 0.15) is 5.56 Å². The van der Waals surface area contributed by atoms with Gasteiger partial charge in [-0.05, 0) is 11.6 Å². The number of hydrogen-bond acceptors (Lipinski definition) is 5. The summed E-state index contributed by atoms with van der Waals surface area (Å²) in [6.07, 6.45) is 1.52. The lowest BCUT2D eigenvalue weighted by Crippen LogP contribution is -2.31. The number of amidine groups is 1. The van der Waals surface area contributed by atoms with E-state index in [4.69, 9.17) is 11.7 Å². The first-order valence-corrected chi connectivity index (χ1v) is 5.42. The van der Waals surface area contributed by atoms with E-state index in [-0.39, 0.29) is 5.75 Å². The molecule has 0 aliphatic rings. The fourth-order valence-corrected chi connectivity index (χ4v) is 1.65. The van der Waals surface area contributed by atoms with E-state index in [1.54, 1.807) is 24.3 Å². The summed E-state index contributed by atoms with van der Waals surface area (Å²) in [6, 6.07) is 8.52. The molecule has 2 rings (SSSR count). The smallest absolute Gasteiger partial charge is 0.290 e. The van der Waals surface area contributed by atoms with Gasteiger partial charge in [-0.25, -0.2) is 5.84 Å². The van der Waals surface area contributed by atoms with E-state index in [1.165, 1.54) is 12.3 Å². The highest BCUT2D eigenvalue weighted by Gasteiger charge is 2.04. The molecule has 0 saturated heterocycles. The van der Waals surface area contributed by atoms with Gasteiger partial charge in [0.1, 0.15) is 0 Å². The van der Waals surface area contributed by atoms with Crippen LogP contribution < -0.4 is 22.7 Å². The summed E-state index contributed by atoms with van der Waals surface area (Å²) in [5, 5.41) is 12.9. The number of nitrogens with zero attached hydrogens (tertiary/aromatic N) is 1. The fourth-order valence-electron chi connectivity index (χ4n) is 1.65. The Bertz CT molecular complexity index is 661. The van der Waals surface area contributed by atoms with Crippen LogP contribution in [0.25, 0.3) is 11.1 Å². The molecule has 0 unspecified atom stereocenters. The van der Waals surface area contributed by atoms with Crippen molar-refractivity contribution in [3.63, 3.8) is 0 Å². The van der Waals surface area contributed by atoms with Crippen LogP contribution in [-0.4, -0.2) is 15.9 Å². The maximum atomic E-state index is 11.1. The maximum Gasteiger partial charge on any atom is 0.290 e. The number of nitrogens with two attached hydrogens (primary N) is 2. The molecule has 7 nitrogen and oxygen atoms in total. The average Bonchev–Trinajstić information content (AvgIpc) is 2.44. The molecule has 0 fully saturated rings. The maximum absolute atomic E-state index is 11.1. The van der Waals surface area contributed by atoms with Crippen molar-refractivity contribution < 1.29 is 5.11 Å². The highest BCUT2D eigenvalue weighted by molar-refractivity contribution is 5.98. The van der Waals surface area contributed by atoms with Crippen molar-refractivity contribution in [1.29, 1.82) is 0 Å². The van der Waals surface area contributed by atoms with Crippen molar-refractivity contribution >= 4 is 5.84 Å². The van der Waals surface area contributed by atoms with Gasteiger partial charge in [0.25, 0.3) is 5.56 Å². The Kier molecular flexibility index (Phi) is 3.48. The van der Waals surface area contributed by atoms with E-state index in [2.05, 4.69) is 15.5 Å². The van der Waals surface area contributed by atoms with E-state index in [9.17, 15) is 9.90 Å². The fraction of sp³-hybridized carbons (Fsp3) is 0. The minimum atomic E-state index is -0.523. The number of hydrazone groups is 1. The molecule has 0 aliphatic carbocycles. The molecule has 0 atom stereocenters. The molecule has 0 aliphatic heterocycles. The lowest BCUT2D eigenvalue weighted by molar-refractivity contribution is 0.467. The highest BCUT2D eigenvalue weighted by Crippen LogP contribution is 2.20. The zero-order chi connectivity index (χ0) is 13.8. The lowest BCUT2D eigenvalue weighted by atomic mass is 10.1. The average molecular weight is 259 g/mol. The third-order valence-corrected chi connectivity index (χ3v) is 2.64. The molecule has 7 heteroatoms. The van der Waals surface area contributed by atoms with Gasteiger partial charge in [-0.15, -0.1) is 0 Å². The van der Waals surface area contributed by atoms with E-state index < -0.39 is 5.56 Å². The number of H-pyrrole nitrogens is 1. The molecule has 0 saturated carbocycles. The topological polar surface area (TPSA) is 130 Å². The zero-order valence-electron chi connectivity index (χ0n) is 9.92. The van der Waals surface area contributed by atoms with Crippen molar-refractivity contribution in [3.8, 4) is 16.9 Å². The van der Waals surface area contributed by atoms with Crippen LogP contribution in [0, 0.1) is 0 Å². The number of hydrazine groups is 1. The van der Waals surface area contributed by atoms with Crippen LogP contribution in [0.2, 0.25) is 0 Å². The first-order valence-electron chi connectivity index (χ1n) is 5.42. The Morgan fingerprint density at radius 3 is 2.47 bits per heavy atom. The van der Waals surface area contributed by atoms with Gasteiger partial charge in [0, 0.05) is 17.3 Å². The zero-order valence-corrected chi connectivity index (χ0v) is 9.92. The number of rotatable bonds is 2. The Hall–Kier alpha value is -2.80. The lowest BCUT2D eigenvalue weighted by Gasteiger charge is -2.06. The number of aromatic nitrogens is 1. The second-order valence-electron chi connectivity index (χ2n) is 3.80. The van der Waals surface area contributed by atoms with Crippen LogP contribution in [0.5, 0.6) is 5.75 Å². The van der Waals surface area contributed by atoms with Crippen LogP contribution in [-0.2, 0) is 0 Å². The largest absolute Gasteiger partial charge is 0.503 e. The summed E-state index contributed by atoms with van der Waals surface area (Å²) in [7, 11) is 0. The van der Waals surface area contributed by atoms with Crippen molar-refractivity contribution in [2.45, 2.75) is 0 Å². The second-order valence-corrected chi connectivity index (χ2v) is 3.80. The van der Waals surface area contributed by atoms with Crippen LogP contribution in [0.4, 0.5) is 0 Å². The highest BCUT2D eigenvalue weighted by atomic mass is 16.3. The number of nitrogens with one attached hydrogen (secondary N) is 2. The molecule has 2 aromatic rings. The van der Waals surface area contributed by atoms with Crippen molar-refractivity contribution in [2.75, 3.05) is 0 Å². The summed E-state index contributed by atoms with van der Waals surface area (Å²) in [5.41, 5.74) is 4.10. The molecular weight excluding hydrogens is 246 g/mol. The van der Waals surface area contributed by atoms with Crippen LogP contribution in [0.15, 0.2) is 46.4 Å². The number of benzene rings is 1. The van der Waals surface area contributed by atoms with Gasteiger partial charge < -0.3 is 21.4 Å². The SMILES string of the molecule is N/N=C(\NN)c1ccc(-c2c[nH]c(=O)c(O)c2)cc1. The van der Waals surface area contributed by atoms with E-state index in [0.29, 0.717) is 11.4 Å². The van der Waals surface area contributed by atoms with Crippen LogP contribution in [0.3, 0.4) is 0 Å². The Labute approximate surface area is 108 Å². The molecule has 1 aromatic heterocycles. The van der Waals surface area contributed by atoms with Gasteiger partial charge in [0.05, 0.1) is 0 Å². The summed E-state index contributed by atoms with van der Waals surface area (Å²) in [5.74, 6) is 10.5. The summed E-state index contributed by atoms with van der Waals surface area (Å²) < 4.78 is 0. The Morgan fingerprint density at radius 2 is 1.95 bits per heavy atom. The van der Waals surface area contributed by atoms with Crippen molar-refractivity contribution in [2.24, 2.45) is 16.8 Å². The Morgan fingerprint density at radius 1 is 1.26 bits per heavy atom. The van der Waals surface area contributed by atoms with E-state index in [1.807, 2.05) is 0 Å². The van der Waals surface area contributed by atoms with Gasteiger partial charge in [0.2, 0.25) is 0 Å². The molecule has 0 amide bonds. The van der Waals surface area contributed by atoms with Gasteiger partial charge in [-0.3, -0.25) is 4.79 Å². The molecule has 0 radical (unpaired) electrons. The van der Waals surface area contributed by atoms with Crippen LogP contribution >= 0.6 is 0 Å². The van der Waals surface area contributed by atoms with Gasteiger partial charge in [-0.2, -0.15) is 5.10 Å². The third kappa shape index (κ3) is 2.55. The molecule has 1 aromatic carbocycles. The predicted octanol–water partition coefficient (Wildman–Crippen LogP) is -0.169. The summed E-state index contributed by atoms with van der Waals surface area (Å²) in [6.45, 7) is 0. The van der Waals surface area contributed by atoms with E-state index >= 15 is 0 Å². The second kappa shape index (κ2) is 5.23. The standard InChI is InChI=1S/C12H13N5O2/c13-16-11(17-14)8-3-1-7(2-4-8)9-5-10(18)12(19)15-6-9/h1-6,18H,13-14H2,(H,15,19)(H,16,17). The molecule has 7 N–H and O–H groups in total. The summed E-state index contributed by atoms with van der Waals surface area (Å²) in [4.78, 5) is 13.5. The monoisotopic (exact) mass is 259 g/mol. The van der Waals surface area contributed by atoms with Gasteiger partial charge >= 0.3 is 0 Å². The minimum absolute atomic E-state index is 0.325. The molecule has 19 heavy (non-hydrogen) atoms. The summed E-state index contributed by atoms with van der Waals surface area (Å²) >= 11 is 0. The first-order chi connectivity index (χ1) is 9.15. The molecule has 1 heterocycles. The molecule has 0 bridgehead atoms. The predicted molar refractivity (Wildman–Crippen MR) is 72.2 cm³/mol. The van der Waals surface area contributed by atoms with Crippen molar-refractivity contribution in [1.82, 2.24) is 10.4 Å². The molecule has 0 spiro atoms. The Balaban J connectivity index is 2.37. The van der Waals surface area contributed by atoms with E-state index in [0.717, 1.165) is 11.1 Å². The number of pyridine rings is 1. The normalized spacial score (nSPS) is 11.3. The minimum Gasteiger partial charge on any atom is -0.503 e. The third-order valence-electron chi connectivity index (χ3n) is 2.64. The van der Waals surface area contributed by atoms with Gasteiger partial charge in [0.15, 0.2) is 11.6 Å².